The zero-order valence-electron chi connectivity index (χ0n) is 9.72. The van der Waals surface area contributed by atoms with Gasteiger partial charge >= 0.3 is 5.97 Å². The Bertz CT molecular complexity index is 553. The number of thiazole rings is 1. The number of rotatable bonds is 4. The lowest BCUT2D eigenvalue weighted by Crippen LogP contribution is -2.37. The summed E-state index contributed by atoms with van der Waals surface area (Å²) in [5, 5.41) is 11.2. The molecule has 0 aromatic carbocycles. The molecule has 7 nitrogen and oxygen atoms in total. The number of hydrogen-bond donors (Lipinski definition) is 3. The zero-order chi connectivity index (χ0) is 14.0. The normalized spacial score (nSPS) is 15.3. The van der Waals surface area contributed by atoms with Gasteiger partial charge in [0.1, 0.15) is 11.6 Å². The Morgan fingerprint density at radius 1 is 1.58 bits per heavy atom. The van der Waals surface area contributed by atoms with Crippen molar-refractivity contribution in [3.63, 3.8) is 0 Å². The summed E-state index contributed by atoms with van der Waals surface area (Å²) in [6.45, 7) is -0.998. The fourth-order valence-corrected chi connectivity index (χ4v) is 2.14. The van der Waals surface area contributed by atoms with Crippen LogP contribution in [0.4, 0.5) is 9.52 Å². The second-order valence-electron chi connectivity index (χ2n) is 3.97. The van der Waals surface area contributed by atoms with E-state index in [0.717, 1.165) is 12.8 Å². The number of carboxylic acids is 1. The van der Waals surface area contributed by atoms with Crippen LogP contribution in [0, 0.1) is 5.92 Å². The Morgan fingerprint density at radius 2 is 2.26 bits per heavy atom. The molecule has 0 spiro atoms. The van der Waals surface area contributed by atoms with Crippen molar-refractivity contribution in [3.8, 4) is 0 Å². The molecule has 1 heterocycles. The van der Waals surface area contributed by atoms with Crippen molar-refractivity contribution in [1.82, 2.24) is 10.3 Å². The maximum atomic E-state index is 12.6. The lowest BCUT2D eigenvalue weighted by Gasteiger charge is -2.00. The van der Waals surface area contributed by atoms with Crippen molar-refractivity contribution >= 4 is 34.3 Å². The van der Waals surface area contributed by atoms with Gasteiger partial charge in [0.25, 0.3) is 0 Å². The summed E-state index contributed by atoms with van der Waals surface area (Å²) in [4.78, 5) is 29.5. The van der Waals surface area contributed by atoms with E-state index < -0.39 is 12.6 Å². The van der Waals surface area contributed by atoms with E-state index in [1.54, 1.807) is 0 Å². The average molecular weight is 286 g/mol. The topological polar surface area (TPSA) is 118 Å². The smallest absolute Gasteiger partial charge is 0.347 e. The Hall–Kier alpha value is -2.03. The molecule has 0 saturated heterocycles. The number of nitrogens with zero attached hydrogens (tertiary/aromatic N) is 2. The Morgan fingerprint density at radius 3 is 2.74 bits per heavy atom. The van der Waals surface area contributed by atoms with E-state index in [4.69, 9.17) is 10.8 Å². The summed E-state index contributed by atoms with van der Waals surface area (Å²) >= 11 is 0.702. The standard InChI is InChI=1S/C10H11FN4O3S/c11-3-5-6(8(17)18)19-10(13-5)15-9(12)14-7(16)4-1-2-4/h4H,1-3H2,(H,17,18)(H3,12,13,14,15,16). The molecule has 0 radical (unpaired) electrons. The maximum absolute atomic E-state index is 12.6. The molecule has 1 amide bonds. The summed E-state index contributed by atoms with van der Waals surface area (Å²) in [7, 11) is 0. The van der Waals surface area contributed by atoms with Crippen molar-refractivity contribution in [2.24, 2.45) is 16.6 Å². The predicted molar refractivity (Wildman–Crippen MR) is 66.0 cm³/mol. The van der Waals surface area contributed by atoms with E-state index >= 15 is 0 Å². The molecule has 0 unspecified atom stereocenters. The van der Waals surface area contributed by atoms with Crippen LogP contribution >= 0.6 is 11.3 Å². The van der Waals surface area contributed by atoms with Crippen LogP contribution < -0.4 is 11.1 Å². The number of guanidine groups is 1. The van der Waals surface area contributed by atoms with Gasteiger partial charge in [-0.25, -0.2) is 14.2 Å². The highest BCUT2D eigenvalue weighted by Crippen LogP contribution is 2.29. The van der Waals surface area contributed by atoms with Gasteiger partial charge < -0.3 is 10.8 Å². The van der Waals surface area contributed by atoms with Crippen molar-refractivity contribution in [2.45, 2.75) is 19.5 Å². The van der Waals surface area contributed by atoms with Gasteiger partial charge in [0.05, 0.1) is 5.69 Å². The second-order valence-corrected chi connectivity index (χ2v) is 4.95. The van der Waals surface area contributed by atoms with Gasteiger partial charge in [-0.2, -0.15) is 4.99 Å². The number of aliphatic imine (C=N–C) groups is 1. The first kappa shape index (κ1) is 13.4. The third-order valence-electron chi connectivity index (χ3n) is 2.42. The van der Waals surface area contributed by atoms with Gasteiger partial charge in [0.15, 0.2) is 0 Å². The van der Waals surface area contributed by atoms with E-state index in [-0.39, 0.29) is 33.5 Å². The van der Waals surface area contributed by atoms with Crippen LogP contribution in [0.3, 0.4) is 0 Å². The van der Waals surface area contributed by atoms with E-state index in [1.807, 2.05) is 0 Å². The summed E-state index contributed by atoms with van der Waals surface area (Å²) in [5.41, 5.74) is 5.30. The number of carboxylic acid groups (broad SMARTS) is 1. The maximum Gasteiger partial charge on any atom is 0.347 e. The van der Waals surface area contributed by atoms with Crippen LogP contribution in [-0.2, 0) is 11.5 Å². The number of carbonyl (C=O) groups excluding carboxylic acids is 1. The fourth-order valence-electron chi connectivity index (χ4n) is 1.35. The van der Waals surface area contributed by atoms with Crippen LogP contribution in [0.1, 0.15) is 28.2 Å². The van der Waals surface area contributed by atoms with Crippen LogP contribution in [0.25, 0.3) is 0 Å². The largest absolute Gasteiger partial charge is 0.477 e. The van der Waals surface area contributed by atoms with Crippen LogP contribution in [0.5, 0.6) is 0 Å². The number of alkyl halides is 1. The van der Waals surface area contributed by atoms with Crippen molar-refractivity contribution < 1.29 is 19.1 Å². The molecule has 1 fully saturated rings. The molecule has 9 heteroatoms. The molecular formula is C10H11FN4O3S. The summed E-state index contributed by atoms with van der Waals surface area (Å²) < 4.78 is 12.6. The number of carbonyl (C=O) groups is 2. The molecule has 1 aliphatic rings. The van der Waals surface area contributed by atoms with E-state index in [0.29, 0.717) is 11.3 Å². The molecule has 4 N–H and O–H groups in total. The minimum Gasteiger partial charge on any atom is -0.477 e. The molecule has 0 bridgehead atoms. The molecule has 0 aliphatic heterocycles. The molecule has 1 aromatic rings. The average Bonchev–Trinajstić information content (AvgIpc) is 3.10. The van der Waals surface area contributed by atoms with Crippen molar-refractivity contribution in [3.05, 3.63) is 10.6 Å². The van der Waals surface area contributed by atoms with Crippen molar-refractivity contribution in [1.29, 1.82) is 0 Å². The molecule has 102 valence electrons. The number of aromatic carboxylic acids is 1. The third-order valence-corrected chi connectivity index (χ3v) is 3.40. The number of nitrogens with two attached hydrogens (primary N) is 1. The minimum atomic E-state index is -1.27. The highest BCUT2D eigenvalue weighted by atomic mass is 32.1. The second kappa shape index (κ2) is 5.31. The van der Waals surface area contributed by atoms with Gasteiger partial charge in [-0.1, -0.05) is 11.3 Å². The summed E-state index contributed by atoms with van der Waals surface area (Å²) in [6.07, 6.45) is 1.65. The molecule has 1 saturated carbocycles. The lowest BCUT2D eigenvalue weighted by molar-refractivity contribution is -0.120. The fraction of sp³-hybridized carbons (Fsp3) is 0.400. The SMILES string of the molecule is NC(=Nc1nc(CF)c(C(=O)O)s1)NC(=O)C1CC1. The Labute approximate surface area is 111 Å². The molecule has 2 rings (SSSR count). The summed E-state index contributed by atoms with van der Waals surface area (Å²) in [5.74, 6) is -1.69. The number of halogens is 1. The number of aromatic nitrogens is 1. The van der Waals surface area contributed by atoms with Gasteiger partial charge in [-0.15, -0.1) is 0 Å². The Kier molecular flexibility index (Phi) is 3.74. The minimum absolute atomic E-state index is 0.00125. The van der Waals surface area contributed by atoms with Gasteiger partial charge in [0, 0.05) is 5.92 Å². The first-order valence-corrected chi connectivity index (χ1v) is 6.27. The van der Waals surface area contributed by atoms with Crippen LogP contribution in [0.15, 0.2) is 4.99 Å². The number of nitrogens with one attached hydrogen (secondary N) is 1. The highest BCUT2D eigenvalue weighted by Gasteiger charge is 2.30. The van der Waals surface area contributed by atoms with E-state index in [2.05, 4.69) is 15.3 Å². The number of amides is 1. The van der Waals surface area contributed by atoms with E-state index in [9.17, 15) is 14.0 Å². The van der Waals surface area contributed by atoms with E-state index in [1.165, 1.54) is 0 Å². The highest BCUT2D eigenvalue weighted by molar-refractivity contribution is 7.17. The first-order valence-electron chi connectivity index (χ1n) is 5.45. The predicted octanol–water partition coefficient (Wildman–Crippen LogP) is 0.783. The van der Waals surface area contributed by atoms with Crippen molar-refractivity contribution in [2.75, 3.05) is 0 Å². The third kappa shape index (κ3) is 3.25. The molecule has 1 aliphatic carbocycles. The molecule has 0 atom stereocenters. The zero-order valence-corrected chi connectivity index (χ0v) is 10.5. The van der Waals surface area contributed by atoms with Gasteiger partial charge in [-0.05, 0) is 12.8 Å². The quantitative estimate of drug-likeness (QED) is 0.558. The first-order chi connectivity index (χ1) is 9.01. The lowest BCUT2D eigenvalue weighted by atomic mass is 10.4. The van der Waals surface area contributed by atoms with Crippen LogP contribution in [0.2, 0.25) is 0 Å². The Balaban J connectivity index is 2.12. The van der Waals surface area contributed by atoms with Crippen LogP contribution in [-0.4, -0.2) is 27.9 Å². The monoisotopic (exact) mass is 286 g/mol. The number of hydrogen-bond acceptors (Lipinski definition) is 5. The van der Waals surface area contributed by atoms with Gasteiger partial charge in [-0.3, -0.25) is 10.1 Å². The van der Waals surface area contributed by atoms with Gasteiger partial charge in [0.2, 0.25) is 17.0 Å². The summed E-state index contributed by atoms with van der Waals surface area (Å²) in [6, 6.07) is 0. The molecule has 1 aromatic heterocycles. The molecule has 19 heavy (non-hydrogen) atoms. The molecular weight excluding hydrogens is 275 g/mol.